The molecule has 6 nitrogen and oxygen atoms in total. The average Bonchev–Trinajstić information content (AvgIpc) is 3.23. The van der Waals surface area contributed by atoms with Crippen molar-refractivity contribution < 1.29 is 4.79 Å². The highest BCUT2D eigenvalue weighted by Crippen LogP contribution is 2.22. The Kier molecular flexibility index (Phi) is 5.17. The molecule has 0 saturated heterocycles. The highest BCUT2D eigenvalue weighted by Gasteiger charge is 2.25. The van der Waals surface area contributed by atoms with Crippen LogP contribution in [0.3, 0.4) is 0 Å². The summed E-state index contributed by atoms with van der Waals surface area (Å²) in [7, 11) is 0. The van der Waals surface area contributed by atoms with Crippen LogP contribution in [-0.2, 0) is 4.79 Å². The number of carbonyl (C=O) groups is 1. The molecule has 110 valence electrons. The lowest BCUT2D eigenvalue weighted by Gasteiger charge is -2.16. The zero-order valence-corrected chi connectivity index (χ0v) is 13.3. The molecular weight excluding hydrogens is 322 g/mol. The minimum absolute atomic E-state index is 0.001000. The van der Waals surface area contributed by atoms with E-state index in [1.54, 1.807) is 6.20 Å². The van der Waals surface area contributed by atoms with E-state index in [-0.39, 0.29) is 11.9 Å². The molecule has 1 aromatic heterocycles. The van der Waals surface area contributed by atoms with Gasteiger partial charge in [-0.3, -0.25) is 4.79 Å². The molecule has 0 aromatic carbocycles. The molecule has 1 amide bonds. The van der Waals surface area contributed by atoms with Crippen LogP contribution in [-0.4, -0.2) is 34.5 Å². The number of aromatic nitrogens is 2. The summed E-state index contributed by atoms with van der Waals surface area (Å²) >= 11 is 3.39. The van der Waals surface area contributed by atoms with Gasteiger partial charge in [-0.2, -0.15) is 4.98 Å². The second-order valence-corrected chi connectivity index (χ2v) is 5.82. The number of nitrogens with zero attached hydrogens (tertiary/aromatic N) is 2. The van der Waals surface area contributed by atoms with E-state index in [4.69, 9.17) is 0 Å². The third-order valence-corrected chi connectivity index (χ3v) is 3.53. The van der Waals surface area contributed by atoms with Gasteiger partial charge in [-0.15, -0.1) is 0 Å². The van der Waals surface area contributed by atoms with E-state index in [9.17, 15) is 4.79 Å². The Labute approximate surface area is 127 Å². The quantitative estimate of drug-likeness (QED) is 0.708. The molecule has 0 bridgehead atoms. The van der Waals surface area contributed by atoms with Crippen molar-refractivity contribution in [3.8, 4) is 0 Å². The second kappa shape index (κ2) is 6.88. The maximum atomic E-state index is 11.9. The summed E-state index contributed by atoms with van der Waals surface area (Å²) in [6.45, 7) is 4.72. The summed E-state index contributed by atoms with van der Waals surface area (Å²) in [5, 5.41) is 9.20. The topological polar surface area (TPSA) is 78.9 Å². The van der Waals surface area contributed by atoms with Gasteiger partial charge in [-0.05, 0) is 42.1 Å². The van der Waals surface area contributed by atoms with Gasteiger partial charge < -0.3 is 16.0 Å². The van der Waals surface area contributed by atoms with Crippen LogP contribution >= 0.6 is 15.9 Å². The Bertz CT molecular complexity index is 478. The molecular formula is C13H20BrN5O. The molecule has 1 aliphatic carbocycles. The number of anilines is 2. The zero-order valence-electron chi connectivity index (χ0n) is 11.7. The number of rotatable bonds is 7. The monoisotopic (exact) mass is 341 g/mol. The minimum atomic E-state index is -0.333. The first-order valence-electron chi connectivity index (χ1n) is 6.93. The van der Waals surface area contributed by atoms with Crippen molar-refractivity contribution in [3.63, 3.8) is 0 Å². The molecule has 1 aromatic rings. The SMILES string of the molecule is CCCNc1ncc(Br)c(NC(C)C(=O)NC2CC2)n1. The van der Waals surface area contributed by atoms with Gasteiger partial charge >= 0.3 is 0 Å². The molecule has 1 atom stereocenters. The fraction of sp³-hybridized carbons (Fsp3) is 0.615. The van der Waals surface area contributed by atoms with Crippen LogP contribution in [0.25, 0.3) is 0 Å². The number of halogens is 1. The number of amides is 1. The van der Waals surface area contributed by atoms with Gasteiger partial charge in [0.1, 0.15) is 11.9 Å². The molecule has 3 N–H and O–H groups in total. The van der Waals surface area contributed by atoms with Gasteiger partial charge in [0.2, 0.25) is 11.9 Å². The summed E-state index contributed by atoms with van der Waals surface area (Å²) in [5.41, 5.74) is 0. The first kappa shape index (κ1) is 15.0. The second-order valence-electron chi connectivity index (χ2n) is 4.97. The van der Waals surface area contributed by atoms with E-state index in [0.717, 1.165) is 30.3 Å². The molecule has 1 unspecified atom stereocenters. The van der Waals surface area contributed by atoms with Crippen molar-refractivity contribution in [2.75, 3.05) is 17.2 Å². The molecule has 1 fully saturated rings. The maximum Gasteiger partial charge on any atom is 0.242 e. The number of hydrogen-bond donors (Lipinski definition) is 3. The smallest absolute Gasteiger partial charge is 0.242 e. The van der Waals surface area contributed by atoms with Gasteiger partial charge in [0.25, 0.3) is 0 Å². The van der Waals surface area contributed by atoms with Crippen LogP contribution in [0, 0.1) is 0 Å². The van der Waals surface area contributed by atoms with Gasteiger partial charge in [0, 0.05) is 18.8 Å². The highest BCUT2D eigenvalue weighted by molar-refractivity contribution is 9.10. The van der Waals surface area contributed by atoms with E-state index >= 15 is 0 Å². The van der Waals surface area contributed by atoms with Crippen LogP contribution in [0.1, 0.15) is 33.1 Å². The number of hydrogen-bond acceptors (Lipinski definition) is 5. The molecule has 1 aliphatic rings. The van der Waals surface area contributed by atoms with Crippen molar-refractivity contribution in [2.45, 2.75) is 45.2 Å². The largest absolute Gasteiger partial charge is 0.358 e. The van der Waals surface area contributed by atoms with Gasteiger partial charge in [-0.25, -0.2) is 4.98 Å². The first-order valence-corrected chi connectivity index (χ1v) is 7.72. The Morgan fingerprint density at radius 3 is 2.95 bits per heavy atom. The number of carbonyl (C=O) groups excluding carboxylic acids is 1. The Balaban J connectivity index is 1.97. The molecule has 1 heterocycles. The van der Waals surface area contributed by atoms with Crippen molar-refractivity contribution in [1.29, 1.82) is 0 Å². The summed E-state index contributed by atoms with van der Waals surface area (Å²) in [5.74, 6) is 1.19. The minimum Gasteiger partial charge on any atom is -0.358 e. The van der Waals surface area contributed by atoms with Crippen LogP contribution < -0.4 is 16.0 Å². The highest BCUT2D eigenvalue weighted by atomic mass is 79.9. The third kappa shape index (κ3) is 4.33. The fourth-order valence-corrected chi connectivity index (χ4v) is 1.92. The standard InChI is InChI=1S/C13H20BrN5O/c1-3-6-15-13-16-7-10(14)11(19-13)17-8(2)12(20)18-9-4-5-9/h7-9H,3-6H2,1-2H3,(H,18,20)(H2,15,16,17,19). The lowest BCUT2D eigenvalue weighted by molar-refractivity contribution is -0.121. The van der Waals surface area contributed by atoms with Crippen molar-refractivity contribution >= 4 is 33.6 Å². The van der Waals surface area contributed by atoms with E-state index < -0.39 is 0 Å². The molecule has 20 heavy (non-hydrogen) atoms. The van der Waals surface area contributed by atoms with E-state index in [1.165, 1.54) is 0 Å². The van der Waals surface area contributed by atoms with Gasteiger partial charge in [-0.1, -0.05) is 6.92 Å². The number of nitrogens with one attached hydrogen (secondary N) is 3. The zero-order chi connectivity index (χ0) is 14.5. The van der Waals surface area contributed by atoms with Gasteiger partial charge in [0.15, 0.2) is 0 Å². The normalized spacial score (nSPS) is 15.6. The van der Waals surface area contributed by atoms with E-state index in [0.29, 0.717) is 17.8 Å². The van der Waals surface area contributed by atoms with Crippen LogP contribution in [0.4, 0.5) is 11.8 Å². The average molecular weight is 342 g/mol. The molecule has 7 heteroatoms. The molecule has 0 spiro atoms. The van der Waals surface area contributed by atoms with E-state index in [1.807, 2.05) is 6.92 Å². The lowest BCUT2D eigenvalue weighted by atomic mass is 10.3. The third-order valence-electron chi connectivity index (χ3n) is 2.95. The first-order chi connectivity index (χ1) is 9.60. The Morgan fingerprint density at radius 1 is 1.55 bits per heavy atom. The van der Waals surface area contributed by atoms with Crippen LogP contribution in [0.5, 0.6) is 0 Å². The van der Waals surface area contributed by atoms with Crippen molar-refractivity contribution in [1.82, 2.24) is 15.3 Å². The molecule has 0 aliphatic heterocycles. The Hall–Kier alpha value is -1.37. The van der Waals surface area contributed by atoms with E-state index in [2.05, 4.69) is 48.8 Å². The van der Waals surface area contributed by atoms with Gasteiger partial charge in [0.05, 0.1) is 4.47 Å². The van der Waals surface area contributed by atoms with Crippen molar-refractivity contribution in [3.05, 3.63) is 10.7 Å². The Morgan fingerprint density at radius 2 is 2.30 bits per heavy atom. The van der Waals surface area contributed by atoms with Crippen LogP contribution in [0.2, 0.25) is 0 Å². The van der Waals surface area contributed by atoms with Crippen molar-refractivity contribution in [2.24, 2.45) is 0 Å². The predicted octanol–water partition coefficient (Wildman–Crippen LogP) is 2.14. The predicted molar refractivity (Wildman–Crippen MR) is 82.8 cm³/mol. The maximum absolute atomic E-state index is 11.9. The van der Waals surface area contributed by atoms with Crippen LogP contribution in [0.15, 0.2) is 10.7 Å². The molecule has 1 saturated carbocycles. The molecule has 2 rings (SSSR count). The lowest BCUT2D eigenvalue weighted by Crippen LogP contribution is -2.39. The summed E-state index contributed by atoms with van der Waals surface area (Å²) in [4.78, 5) is 20.5. The summed E-state index contributed by atoms with van der Waals surface area (Å²) in [6, 6.07) is 0.0307. The summed E-state index contributed by atoms with van der Waals surface area (Å²) in [6.07, 6.45) is 4.85. The molecule has 0 radical (unpaired) electrons. The fourth-order valence-electron chi connectivity index (χ4n) is 1.61. The summed E-state index contributed by atoms with van der Waals surface area (Å²) < 4.78 is 0.741.